The Morgan fingerprint density at radius 1 is 1.38 bits per heavy atom. The highest BCUT2D eigenvalue weighted by Gasteiger charge is 2.34. The minimum atomic E-state index is -2.79. The first kappa shape index (κ1) is 14.0. The lowest BCUT2D eigenvalue weighted by molar-refractivity contribution is -0.0427. The zero-order chi connectivity index (χ0) is 15.0. The molecule has 3 rings (SSSR count). The number of hydrogen-bond donors (Lipinski definition) is 0. The van der Waals surface area contributed by atoms with E-state index in [1.54, 1.807) is 6.20 Å². The highest BCUT2D eigenvalue weighted by Crippen LogP contribution is 2.34. The lowest BCUT2D eigenvalue weighted by Gasteiger charge is -2.11. The van der Waals surface area contributed by atoms with Crippen LogP contribution in [0.3, 0.4) is 0 Å². The molecule has 0 bridgehead atoms. The van der Waals surface area contributed by atoms with E-state index in [9.17, 15) is 8.78 Å². The SMILES string of the molecule is CCc1ccc(-c2nn3c(c2C)OCC(F)(F)CC3)cn1. The molecule has 1 aliphatic heterocycles. The normalized spacial score (nSPS) is 17.0. The molecule has 0 saturated carbocycles. The van der Waals surface area contributed by atoms with Crippen LogP contribution in [0.25, 0.3) is 11.3 Å². The Morgan fingerprint density at radius 3 is 2.86 bits per heavy atom. The summed E-state index contributed by atoms with van der Waals surface area (Å²) in [5.74, 6) is -2.36. The summed E-state index contributed by atoms with van der Waals surface area (Å²) in [7, 11) is 0. The third-order valence-corrected chi connectivity index (χ3v) is 3.70. The van der Waals surface area contributed by atoms with E-state index in [0.29, 0.717) is 5.88 Å². The van der Waals surface area contributed by atoms with Gasteiger partial charge in [-0.1, -0.05) is 6.92 Å². The molecule has 1 aliphatic rings. The van der Waals surface area contributed by atoms with Gasteiger partial charge in [-0.15, -0.1) is 0 Å². The van der Waals surface area contributed by atoms with E-state index in [0.717, 1.165) is 28.9 Å². The molecule has 4 nitrogen and oxygen atoms in total. The van der Waals surface area contributed by atoms with Gasteiger partial charge in [0.2, 0.25) is 5.88 Å². The van der Waals surface area contributed by atoms with Crippen LogP contribution in [0.1, 0.15) is 24.6 Å². The number of halogens is 2. The highest BCUT2D eigenvalue weighted by atomic mass is 19.3. The van der Waals surface area contributed by atoms with Crippen molar-refractivity contribution in [2.75, 3.05) is 6.61 Å². The van der Waals surface area contributed by atoms with Crippen LogP contribution in [0.15, 0.2) is 18.3 Å². The minimum absolute atomic E-state index is 0.156. The minimum Gasteiger partial charge on any atom is -0.471 e. The molecular weight excluding hydrogens is 276 g/mol. The Bertz CT molecular complexity index is 650. The van der Waals surface area contributed by atoms with Crippen molar-refractivity contribution in [1.29, 1.82) is 0 Å². The van der Waals surface area contributed by atoms with Gasteiger partial charge >= 0.3 is 0 Å². The largest absolute Gasteiger partial charge is 0.471 e. The maximum atomic E-state index is 13.4. The summed E-state index contributed by atoms with van der Waals surface area (Å²) < 4.78 is 33.5. The van der Waals surface area contributed by atoms with Gasteiger partial charge in [-0.05, 0) is 25.5 Å². The fraction of sp³-hybridized carbons (Fsp3) is 0.467. The Kier molecular flexibility index (Phi) is 3.39. The molecule has 2 aromatic heterocycles. The van der Waals surface area contributed by atoms with Gasteiger partial charge in [0.25, 0.3) is 5.92 Å². The molecule has 0 fully saturated rings. The van der Waals surface area contributed by atoms with E-state index in [4.69, 9.17) is 4.74 Å². The van der Waals surface area contributed by atoms with Crippen molar-refractivity contribution in [3.05, 3.63) is 29.6 Å². The summed E-state index contributed by atoms with van der Waals surface area (Å²) in [6, 6.07) is 3.91. The fourth-order valence-corrected chi connectivity index (χ4v) is 2.43. The lowest BCUT2D eigenvalue weighted by Crippen LogP contribution is -2.24. The van der Waals surface area contributed by atoms with Crippen LogP contribution in [0, 0.1) is 6.92 Å². The van der Waals surface area contributed by atoms with Crippen molar-refractivity contribution < 1.29 is 13.5 Å². The second kappa shape index (κ2) is 5.09. The number of aromatic nitrogens is 3. The molecule has 0 radical (unpaired) electrons. The van der Waals surface area contributed by atoms with Crippen molar-refractivity contribution in [3.8, 4) is 17.1 Å². The Labute approximate surface area is 121 Å². The quantitative estimate of drug-likeness (QED) is 0.853. The number of alkyl halides is 2. The molecule has 2 aromatic rings. The smallest absolute Gasteiger partial charge is 0.283 e. The number of ether oxygens (including phenoxy) is 1. The molecule has 0 spiro atoms. The van der Waals surface area contributed by atoms with Crippen molar-refractivity contribution >= 4 is 0 Å². The van der Waals surface area contributed by atoms with Crippen LogP contribution in [-0.2, 0) is 13.0 Å². The fourth-order valence-electron chi connectivity index (χ4n) is 2.43. The molecular formula is C15H17F2N3O. The van der Waals surface area contributed by atoms with Crippen molar-refractivity contribution in [3.63, 3.8) is 0 Å². The summed E-state index contributed by atoms with van der Waals surface area (Å²) in [5.41, 5.74) is 3.40. The first-order valence-electron chi connectivity index (χ1n) is 7.03. The second-order valence-electron chi connectivity index (χ2n) is 5.29. The van der Waals surface area contributed by atoms with Crippen LogP contribution in [0.5, 0.6) is 5.88 Å². The number of pyridine rings is 1. The van der Waals surface area contributed by atoms with Gasteiger partial charge in [-0.25, -0.2) is 13.5 Å². The third kappa shape index (κ3) is 2.62. The maximum absolute atomic E-state index is 13.4. The monoisotopic (exact) mass is 293 g/mol. The second-order valence-corrected chi connectivity index (χ2v) is 5.29. The van der Waals surface area contributed by atoms with Crippen LogP contribution in [0.2, 0.25) is 0 Å². The summed E-state index contributed by atoms with van der Waals surface area (Å²) in [4.78, 5) is 4.35. The summed E-state index contributed by atoms with van der Waals surface area (Å²) >= 11 is 0. The lowest BCUT2D eigenvalue weighted by atomic mass is 10.1. The van der Waals surface area contributed by atoms with Crippen LogP contribution < -0.4 is 4.74 Å². The number of aryl methyl sites for hydroxylation is 2. The molecule has 6 heteroatoms. The molecule has 3 heterocycles. The first-order chi connectivity index (χ1) is 10.00. The molecule has 21 heavy (non-hydrogen) atoms. The van der Waals surface area contributed by atoms with Crippen LogP contribution in [0.4, 0.5) is 8.78 Å². The van der Waals surface area contributed by atoms with Gasteiger partial charge in [0.1, 0.15) is 5.69 Å². The first-order valence-corrected chi connectivity index (χ1v) is 7.03. The summed E-state index contributed by atoms with van der Waals surface area (Å²) in [6.07, 6.45) is 2.38. The maximum Gasteiger partial charge on any atom is 0.283 e. The summed E-state index contributed by atoms with van der Waals surface area (Å²) in [5, 5.41) is 4.42. The van der Waals surface area contributed by atoms with E-state index >= 15 is 0 Å². The standard InChI is InChI=1S/C15H17F2N3O/c1-3-12-5-4-11(8-18-12)13-10(2)14-20(19-13)7-6-15(16,17)9-21-14/h4-5,8H,3,6-7,9H2,1-2H3. The topological polar surface area (TPSA) is 39.9 Å². The molecule has 0 atom stereocenters. The Morgan fingerprint density at radius 2 is 2.19 bits per heavy atom. The molecule has 0 N–H and O–H groups in total. The number of nitrogens with zero attached hydrogens (tertiary/aromatic N) is 3. The number of hydrogen-bond acceptors (Lipinski definition) is 3. The molecule has 0 unspecified atom stereocenters. The van der Waals surface area contributed by atoms with E-state index in [1.807, 2.05) is 26.0 Å². The van der Waals surface area contributed by atoms with E-state index < -0.39 is 12.5 Å². The van der Waals surface area contributed by atoms with Gasteiger partial charge in [-0.2, -0.15) is 5.10 Å². The van der Waals surface area contributed by atoms with Crippen molar-refractivity contribution in [2.45, 2.75) is 39.2 Å². The number of rotatable bonds is 2. The van der Waals surface area contributed by atoms with Gasteiger partial charge in [0, 0.05) is 29.4 Å². The average Bonchev–Trinajstić information content (AvgIpc) is 2.71. The predicted molar refractivity (Wildman–Crippen MR) is 74.6 cm³/mol. The number of fused-ring (bicyclic) bond motifs is 1. The van der Waals surface area contributed by atoms with E-state index in [1.165, 1.54) is 4.68 Å². The zero-order valence-corrected chi connectivity index (χ0v) is 12.1. The Hall–Kier alpha value is -1.98. The predicted octanol–water partition coefficient (Wildman–Crippen LogP) is 3.23. The van der Waals surface area contributed by atoms with Gasteiger partial charge in [0.15, 0.2) is 6.61 Å². The molecule has 0 aromatic carbocycles. The van der Waals surface area contributed by atoms with Gasteiger partial charge in [-0.3, -0.25) is 4.98 Å². The van der Waals surface area contributed by atoms with Crippen LogP contribution >= 0.6 is 0 Å². The Balaban J connectivity index is 1.95. The molecule has 0 aliphatic carbocycles. The highest BCUT2D eigenvalue weighted by molar-refractivity contribution is 5.64. The van der Waals surface area contributed by atoms with Gasteiger partial charge in [0.05, 0.1) is 6.54 Å². The average molecular weight is 293 g/mol. The molecule has 0 amide bonds. The zero-order valence-electron chi connectivity index (χ0n) is 12.1. The van der Waals surface area contributed by atoms with Crippen molar-refractivity contribution in [2.24, 2.45) is 0 Å². The summed E-state index contributed by atoms with van der Waals surface area (Å²) in [6.45, 7) is 3.45. The molecule has 0 saturated heterocycles. The van der Waals surface area contributed by atoms with Crippen molar-refractivity contribution in [1.82, 2.24) is 14.8 Å². The third-order valence-electron chi connectivity index (χ3n) is 3.70. The van der Waals surface area contributed by atoms with Crippen LogP contribution in [-0.4, -0.2) is 27.3 Å². The van der Waals surface area contributed by atoms with E-state index in [-0.39, 0.29) is 13.0 Å². The molecule has 112 valence electrons. The van der Waals surface area contributed by atoms with Gasteiger partial charge < -0.3 is 4.74 Å². The van der Waals surface area contributed by atoms with E-state index in [2.05, 4.69) is 10.1 Å².